The van der Waals surface area contributed by atoms with Gasteiger partial charge in [0.1, 0.15) is 16.5 Å². The van der Waals surface area contributed by atoms with Gasteiger partial charge in [0.15, 0.2) is 0 Å². The minimum atomic E-state index is -2.62. The molecule has 0 bridgehead atoms. The maximum atomic E-state index is 5.08. The summed E-state index contributed by atoms with van der Waals surface area (Å²) < 4.78 is 6.33. The van der Waals surface area contributed by atoms with Crippen molar-refractivity contribution in [3.63, 3.8) is 0 Å². The number of hydrogen-bond acceptors (Lipinski definition) is 2. The number of fused-ring (bicyclic) bond motifs is 3. The summed E-state index contributed by atoms with van der Waals surface area (Å²) in [6.45, 7) is 34.9. The molecule has 5 rings (SSSR count). The topological polar surface area (TPSA) is 6.48 Å². The van der Waals surface area contributed by atoms with Crippen LogP contribution in [-0.2, 0) is 0 Å². The van der Waals surface area contributed by atoms with Gasteiger partial charge in [-0.3, -0.25) is 0 Å². The number of para-hydroxylation sites is 2. The first-order valence-corrected chi connectivity index (χ1v) is 34.7. The van der Waals surface area contributed by atoms with E-state index < -0.39 is 29.2 Å². The van der Waals surface area contributed by atoms with Gasteiger partial charge in [-0.25, -0.2) is 0 Å². The molecule has 1 heterocycles. The average Bonchev–Trinajstić information content (AvgIpc) is 2.98. The zero-order valence-corrected chi connectivity index (χ0v) is 39.2. The third-order valence-electron chi connectivity index (χ3n) is 10.6. The van der Waals surface area contributed by atoms with Gasteiger partial charge in [0.2, 0.25) is 0 Å². The van der Waals surface area contributed by atoms with Gasteiger partial charge in [0, 0.05) is 22.5 Å². The maximum Gasteiger partial charge on any atom is 0.252 e. The molecule has 260 valence electrons. The first kappa shape index (κ1) is 38.1. The highest BCUT2D eigenvalue weighted by atomic mass is 79.9. The number of halogens is 2. The van der Waals surface area contributed by atoms with Crippen molar-refractivity contribution in [1.29, 1.82) is 0 Å². The Morgan fingerprint density at radius 2 is 0.917 bits per heavy atom. The Balaban J connectivity index is 1.97. The first-order valence-electron chi connectivity index (χ1n) is 18.2. The van der Waals surface area contributed by atoms with Crippen molar-refractivity contribution in [2.24, 2.45) is 0 Å². The summed E-state index contributed by atoms with van der Waals surface area (Å²) in [6.07, 6.45) is -0.0990. The minimum Gasteiger partial charge on any atom is -0.415 e. The molecule has 4 atom stereocenters. The van der Waals surface area contributed by atoms with E-state index in [2.05, 4.69) is 176 Å². The van der Waals surface area contributed by atoms with Crippen LogP contribution in [0.3, 0.4) is 0 Å². The number of hydrogen-bond donors (Lipinski definition) is 0. The third-order valence-corrected chi connectivity index (χ3v) is 56.3. The quantitative estimate of drug-likeness (QED) is 0.148. The summed E-state index contributed by atoms with van der Waals surface area (Å²) >= 11 is 10.1. The molecule has 0 N–H and O–H groups in total. The van der Waals surface area contributed by atoms with Crippen molar-refractivity contribution in [2.45, 2.75) is 129 Å². The SMILES string of the molecule is CC(C)c1cccc(C(C)C)c1N([Si](C)(C)C)[Si@@]1(Br)[C@@H]2C=Cc3ccccc3[C@H]2[Si@]1(Br)N(c1c(C(C)C)cccc1C(C)C)[Si](C)(C)C. The van der Waals surface area contributed by atoms with Gasteiger partial charge in [-0.05, 0) is 57.1 Å². The van der Waals surface area contributed by atoms with Gasteiger partial charge in [-0.1, -0.05) is 198 Å². The number of benzene rings is 3. The van der Waals surface area contributed by atoms with Crippen LogP contribution in [0.5, 0.6) is 0 Å². The third kappa shape index (κ3) is 6.00. The van der Waals surface area contributed by atoms with E-state index in [1.165, 1.54) is 27.8 Å². The molecule has 3 aromatic rings. The predicted molar refractivity (Wildman–Crippen MR) is 232 cm³/mol. The second-order valence-electron chi connectivity index (χ2n) is 17.5. The summed E-state index contributed by atoms with van der Waals surface area (Å²) in [6, 6.07) is 23.7. The van der Waals surface area contributed by atoms with Crippen molar-refractivity contribution in [2.75, 3.05) is 8.46 Å². The lowest BCUT2D eigenvalue weighted by molar-refractivity contribution is 0.813. The molecule has 0 spiro atoms. The average molecular weight is 841 g/mol. The fourth-order valence-corrected chi connectivity index (χ4v) is 66.8. The van der Waals surface area contributed by atoms with E-state index in [-0.39, 0.29) is 0 Å². The number of allylic oxidation sites excluding steroid dienone is 1. The first-order chi connectivity index (χ1) is 22.2. The summed E-state index contributed by atoms with van der Waals surface area (Å²) in [5.74, 6) is 1.75. The Hall–Kier alpha value is -1.17. The molecule has 48 heavy (non-hydrogen) atoms. The van der Waals surface area contributed by atoms with Crippen molar-refractivity contribution < 1.29 is 0 Å². The normalized spacial score (nSPS) is 23.8. The Morgan fingerprint density at radius 1 is 0.542 bits per heavy atom. The van der Waals surface area contributed by atoms with E-state index in [1.54, 1.807) is 16.9 Å². The van der Waals surface area contributed by atoms with Gasteiger partial charge < -0.3 is 8.46 Å². The molecular formula is C40H60Br2N2Si4. The van der Waals surface area contributed by atoms with Gasteiger partial charge >= 0.3 is 0 Å². The lowest BCUT2D eigenvalue weighted by Crippen LogP contribution is -2.91. The predicted octanol–water partition coefficient (Wildman–Crippen LogP) is 13.6. The molecular weight excluding hydrogens is 781 g/mol. The molecule has 1 saturated heterocycles. The lowest BCUT2D eigenvalue weighted by atomic mass is 9.93. The second-order valence-corrected chi connectivity index (χ2v) is 49.1. The van der Waals surface area contributed by atoms with Crippen molar-refractivity contribution in [3.05, 3.63) is 100 Å². The van der Waals surface area contributed by atoms with Crippen molar-refractivity contribution in [3.8, 4) is 0 Å². The monoisotopic (exact) mass is 838 g/mol. The van der Waals surface area contributed by atoms with Crippen LogP contribution >= 0.6 is 30.6 Å². The van der Waals surface area contributed by atoms with Crippen LogP contribution in [0.2, 0.25) is 44.8 Å². The molecule has 8 heteroatoms. The Morgan fingerprint density at radius 3 is 1.29 bits per heavy atom. The molecule has 0 saturated carbocycles. The van der Waals surface area contributed by atoms with Crippen LogP contribution in [-0.4, -0.2) is 29.2 Å². The summed E-state index contributed by atoms with van der Waals surface area (Å²) in [5, 5.41) is 0. The molecule has 1 aliphatic carbocycles. The van der Waals surface area contributed by atoms with E-state index >= 15 is 0 Å². The summed E-state index contributed by atoms with van der Waals surface area (Å²) in [5.41, 5.74) is 13.0. The van der Waals surface area contributed by atoms with Crippen LogP contribution in [0.4, 0.5) is 11.4 Å². The standard InChI is InChI=1S/C40H60Br2N2Si4/c1-27(2)32-21-17-22-33(28(3)4)38(32)43(45(9,10)11)47(41)37-26-25-31-19-15-16-20-36(31)40(37)48(47,42)44(46(12,13)14)39-34(29(5)6)23-18-24-35(39)30(7)8/h15-30,37,40H,1-14H3/t37-,40-,47+,48+/m1/s1. The Kier molecular flexibility index (Phi) is 10.6. The maximum absolute atomic E-state index is 5.08. The minimum absolute atomic E-state index is 0.436. The molecule has 0 unspecified atom stereocenters. The number of anilines is 2. The molecule has 1 fully saturated rings. The van der Waals surface area contributed by atoms with E-state index in [0.717, 1.165) is 0 Å². The van der Waals surface area contributed by atoms with Crippen LogP contribution in [0.1, 0.15) is 118 Å². The smallest absolute Gasteiger partial charge is 0.252 e. The van der Waals surface area contributed by atoms with Crippen LogP contribution < -0.4 is 8.46 Å². The van der Waals surface area contributed by atoms with Crippen LogP contribution in [0.15, 0.2) is 66.7 Å². The Bertz CT molecular complexity index is 1640. The van der Waals surface area contributed by atoms with Gasteiger partial charge in [-0.15, -0.1) is 0 Å². The lowest BCUT2D eigenvalue weighted by Gasteiger charge is -2.72. The largest absolute Gasteiger partial charge is 0.415 e. The Labute approximate surface area is 313 Å². The fraction of sp³-hybridized carbons (Fsp3) is 0.500. The highest BCUT2D eigenvalue weighted by Gasteiger charge is 2.81. The highest BCUT2D eigenvalue weighted by molar-refractivity contribution is 9.37. The molecule has 2 nitrogen and oxygen atoms in total. The number of nitrogens with zero attached hydrogens (tertiary/aromatic N) is 2. The van der Waals surface area contributed by atoms with Gasteiger partial charge in [-0.2, -0.15) is 0 Å². The van der Waals surface area contributed by atoms with Crippen molar-refractivity contribution in [1.82, 2.24) is 0 Å². The molecule has 0 radical (unpaired) electrons. The van der Waals surface area contributed by atoms with Crippen molar-refractivity contribution >= 4 is 77.3 Å². The van der Waals surface area contributed by atoms with E-state index in [4.69, 9.17) is 30.6 Å². The zero-order valence-electron chi connectivity index (χ0n) is 32.0. The fourth-order valence-electron chi connectivity index (χ4n) is 8.72. The molecule has 1 aliphatic heterocycles. The highest BCUT2D eigenvalue weighted by Crippen LogP contribution is 2.71. The van der Waals surface area contributed by atoms with Crippen LogP contribution in [0, 0.1) is 0 Å². The molecule has 3 aromatic carbocycles. The van der Waals surface area contributed by atoms with E-state index in [0.29, 0.717) is 34.8 Å². The zero-order chi connectivity index (χ0) is 35.7. The second kappa shape index (κ2) is 13.4. The molecule has 2 aliphatic rings. The molecule has 0 aromatic heterocycles. The molecule has 0 amide bonds. The van der Waals surface area contributed by atoms with Gasteiger partial charge in [0.05, 0.1) is 0 Å². The summed E-state index contributed by atoms with van der Waals surface area (Å²) in [4.78, 5) is 0. The van der Waals surface area contributed by atoms with Gasteiger partial charge in [0.25, 0.3) is 12.7 Å². The summed E-state index contributed by atoms with van der Waals surface area (Å²) in [7, 11) is -4.05. The van der Waals surface area contributed by atoms with Crippen LogP contribution in [0.25, 0.3) is 6.08 Å². The van der Waals surface area contributed by atoms with E-state index in [9.17, 15) is 0 Å². The van der Waals surface area contributed by atoms with E-state index in [1.807, 2.05) is 0 Å². The number of rotatable bonds is 10.